The minimum atomic E-state index is 0. The summed E-state index contributed by atoms with van der Waals surface area (Å²) < 4.78 is 0. The van der Waals surface area contributed by atoms with Gasteiger partial charge in [0.1, 0.15) is 0 Å². The standard InChI is InChI=1S/C18H11N2.C16H11N2.2Ir/c1-19-17-9-5-7-15(13-17)14-6-4-8-16(12-14)18-10-2-3-11-20-18;1-2-10-18-16(8-1)14-6-3-5-13(11-14)15-7-4-9-17-12-15;;/h2-7,9-13H;1-5,7-12H;;/q2*-1;;. The molecule has 0 saturated heterocycles. The summed E-state index contributed by atoms with van der Waals surface area (Å²) >= 11 is 0. The molecule has 0 aliphatic heterocycles. The average Bonchev–Trinajstić information content (AvgIpc) is 3.03. The Morgan fingerprint density at radius 3 is 1.65 bits per heavy atom. The normalized spacial score (nSPS) is 9.57. The van der Waals surface area contributed by atoms with Crippen molar-refractivity contribution >= 4 is 5.69 Å². The van der Waals surface area contributed by atoms with E-state index in [0.29, 0.717) is 5.69 Å². The van der Waals surface area contributed by atoms with Gasteiger partial charge in [0.2, 0.25) is 0 Å². The first-order valence-corrected chi connectivity index (χ1v) is 12.0. The molecule has 0 spiro atoms. The van der Waals surface area contributed by atoms with Crippen molar-refractivity contribution in [3.8, 4) is 44.8 Å². The van der Waals surface area contributed by atoms with Crippen LogP contribution in [0, 0.1) is 18.7 Å². The van der Waals surface area contributed by atoms with Gasteiger partial charge in [0.15, 0.2) is 5.69 Å². The third kappa shape index (κ3) is 7.96. The third-order valence-electron chi connectivity index (χ3n) is 5.79. The van der Waals surface area contributed by atoms with Crippen molar-refractivity contribution in [2.24, 2.45) is 0 Å². The number of aromatic nitrogens is 3. The van der Waals surface area contributed by atoms with Gasteiger partial charge in [0.25, 0.3) is 0 Å². The van der Waals surface area contributed by atoms with Crippen LogP contribution >= 0.6 is 0 Å². The summed E-state index contributed by atoms with van der Waals surface area (Å²) in [6, 6.07) is 41.7. The van der Waals surface area contributed by atoms with Crippen molar-refractivity contribution in [1.29, 1.82) is 0 Å². The van der Waals surface area contributed by atoms with Crippen molar-refractivity contribution in [1.82, 2.24) is 15.0 Å². The molecule has 6 heteroatoms. The summed E-state index contributed by atoms with van der Waals surface area (Å²) in [5, 5.41) is 0. The van der Waals surface area contributed by atoms with Crippen LogP contribution in [0.5, 0.6) is 0 Å². The van der Waals surface area contributed by atoms with Crippen molar-refractivity contribution in [2.45, 2.75) is 0 Å². The second-order valence-corrected chi connectivity index (χ2v) is 8.32. The summed E-state index contributed by atoms with van der Waals surface area (Å²) in [7, 11) is 0. The van der Waals surface area contributed by atoms with E-state index in [4.69, 9.17) is 6.57 Å². The zero-order valence-corrected chi connectivity index (χ0v) is 25.9. The fourth-order valence-corrected chi connectivity index (χ4v) is 3.92. The van der Waals surface area contributed by atoms with E-state index >= 15 is 0 Å². The van der Waals surface area contributed by atoms with Crippen molar-refractivity contribution in [3.63, 3.8) is 0 Å². The smallest absolute Gasteiger partial charge is 0.187 e. The van der Waals surface area contributed by atoms with E-state index in [2.05, 4.69) is 38.0 Å². The summed E-state index contributed by atoms with van der Waals surface area (Å²) in [5.74, 6) is 0. The molecular formula is C34H22Ir2N4-2. The monoisotopic (exact) mass is 872 g/mol. The van der Waals surface area contributed by atoms with E-state index in [9.17, 15) is 0 Å². The van der Waals surface area contributed by atoms with Gasteiger partial charge in [-0.3, -0.25) is 4.98 Å². The fourth-order valence-electron chi connectivity index (χ4n) is 3.92. The maximum atomic E-state index is 7.09. The average molecular weight is 871 g/mol. The Balaban J connectivity index is 0.000000211. The molecule has 3 aromatic carbocycles. The van der Waals surface area contributed by atoms with Crippen LogP contribution in [0.1, 0.15) is 0 Å². The van der Waals surface area contributed by atoms with Crippen LogP contribution in [-0.2, 0) is 40.2 Å². The summed E-state index contributed by atoms with van der Waals surface area (Å²) in [6.45, 7) is 7.09. The Morgan fingerprint density at radius 2 is 1.12 bits per heavy atom. The van der Waals surface area contributed by atoms with Gasteiger partial charge in [-0.2, -0.15) is 0 Å². The van der Waals surface area contributed by atoms with E-state index in [0.717, 1.165) is 44.8 Å². The third-order valence-corrected chi connectivity index (χ3v) is 5.79. The molecule has 6 aromatic rings. The van der Waals surface area contributed by atoms with Crippen LogP contribution in [-0.4, -0.2) is 15.0 Å². The Kier molecular flexibility index (Phi) is 11.8. The molecule has 2 radical (unpaired) electrons. The maximum Gasteiger partial charge on any atom is 0.187 e. The molecule has 0 bridgehead atoms. The zero-order valence-electron chi connectivity index (χ0n) is 21.2. The number of hydrogen-bond donors (Lipinski definition) is 0. The number of nitrogens with zero attached hydrogens (tertiary/aromatic N) is 4. The molecule has 3 heterocycles. The van der Waals surface area contributed by atoms with Crippen LogP contribution in [0.2, 0.25) is 0 Å². The number of pyridine rings is 3. The van der Waals surface area contributed by atoms with Gasteiger partial charge in [0, 0.05) is 65.0 Å². The minimum absolute atomic E-state index is 0. The predicted molar refractivity (Wildman–Crippen MR) is 152 cm³/mol. The molecule has 0 fully saturated rings. The molecule has 0 N–H and O–H groups in total. The maximum absolute atomic E-state index is 7.09. The SMILES string of the molecule is [C-]#[N+]c1cccc(-c2cc[c-]c(-c3ccccn3)c2)c1.[Ir].[Ir].[c-]1ccc(-c2cccnc2)cc1-c1ccccn1. The quantitative estimate of drug-likeness (QED) is 0.168. The Bertz CT molecular complexity index is 1610. The molecule has 0 atom stereocenters. The van der Waals surface area contributed by atoms with E-state index in [1.165, 1.54) is 0 Å². The van der Waals surface area contributed by atoms with Crippen LogP contribution < -0.4 is 0 Å². The first kappa shape index (κ1) is 30.4. The van der Waals surface area contributed by atoms with Crippen molar-refractivity contribution in [3.05, 3.63) is 158 Å². The second kappa shape index (κ2) is 15.5. The van der Waals surface area contributed by atoms with Crippen molar-refractivity contribution < 1.29 is 40.2 Å². The zero-order chi connectivity index (χ0) is 26.0. The molecule has 0 amide bonds. The van der Waals surface area contributed by atoms with Gasteiger partial charge >= 0.3 is 0 Å². The molecule has 40 heavy (non-hydrogen) atoms. The molecule has 6 rings (SSSR count). The van der Waals surface area contributed by atoms with E-state index < -0.39 is 0 Å². The van der Waals surface area contributed by atoms with Gasteiger partial charge in [0.05, 0.1) is 6.57 Å². The fraction of sp³-hybridized carbons (Fsp3) is 0. The molecular weight excluding hydrogens is 849 g/mol. The molecule has 4 nitrogen and oxygen atoms in total. The molecule has 0 unspecified atom stereocenters. The molecule has 3 aromatic heterocycles. The van der Waals surface area contributed by atoms with Gasteiger partial charge in [-0.15, -0.1) is 65.2 Å². The van der Waals surface area contributed by atoms with E-state index in [1.807, 2.05) is 109 Å². The van der Waals surface area contributed by atoms with Crippen LogP contribution in [0.15, 0.2) is 134 Å². The summed E-state index contributed by atoms with van der Waals surface area (Å²) in [4.78, 5) is 16.3. The van der Waals surface area contributed by atoms with Crippen molar-refractivity contribution in [2.75, 3.05) is 0 Å². The molecule has 198 valence electrons. The summed E-state index contributed by atoms with van der Waals surface area (Å²) in [5.41, 5.74) is 8.76. The minimum Gasteiger partial charge on any atom is -0.305 e. The molecule has 0 aliphatic carbocycles. The number of benzene rings is 3. The summed E-state index contributed by atoms with van der Waals surface area (Å²) in [6.07, 6.45) is 7.20. The van der Waals surface area contributed by atoms with Crippen LogP contribution in [0.4, 0.5) is 5.69 Å². The van der Waals surface area contributed by atoms with E-state index in [-0.39, 0.29) is 40.2 Å². The largest absolute Gasteiger partial charge is 0.305 e. The molecule has 0 aliphatic rings. The Morgan fingerprint density at radius 1 is 0.550 bits per heavy atom. The topological polar surface area (TPSA) is 43.0 Å². The first-order valence-electron chi connectivity index (χ1n) is 12.0. The van der Waals surface area contributed by atoms with Crippen LogP contribution in [0.3, 0.4) is 0 Å². The van der Waals surface area contributed by atoms with E-state index in [1.54, 1.807) is 18.6 Å². The van der Waals surface area contributed by atoms with Gasteiger partial charge < -0.3 is 9.97 Å². The Hall–Kier alpha value is -4.10. The van der Waals surface area contributed by atoms with Gasteiger partial charge in [-0.1, -0.05) is 60.2 Å². The molecule has 0 saturated carbocycles. The van der Waals surface area contributed by atoms with Gasteiger partial charge in [-0.05, 0) is 40.7 Å². The second-order valence-electron chi connectivity index (χ2n) is 8.32. The first-order chi connectivity index (χ1) is 18.8. The predicted octanol–water partition coefficient (Wildman–Crippen LogP) is 8.37. The Labute approximate surface area is 261 Å². The number of hydrogen-bond acceptors (Lipinski definition) is 3. The van der Waals surface area contributed by atoms with Crippen LogP contribution in [0.25, 0.3) is 49.6 Å². The van der Waals surface area contributed by atoms with Gasteiger partial charge in [-0.25, -0.2) is 4.85 Å². The number of rotatable bonds is 4.